The average Bonchev–Trinajstić information content (AvgIpc) is 2.13. The first kappa shape index (κ1) is 10.2. The van der Waals surface area contributed by atoms with Crippen LogP contribution in [0.2, 0.25) is 5.02 Å². The minimum Gasteiger partial charge on any atom is -0.504 e. The third kappa shape index (κ3) is 1.87. The van der Waals surface area contributed by atoms with Gasteiger partial charge in [-0.2, -0.15) is 0 Å². The van der Waals surface area contributed by atoms with E-state index in [0.717, 1.165) is 0 Å². The Morgan fingerprint density at radius 3 is 2.46 bits per heavy atom. The zero-order valence-corrected chi connectivity index (χ0v) is 7.91. The van der Waals surface area contributed by atoms with Crippen molar-refractivity contribution < 1.29 is 15.3 Å². The topological polar surface area (TPSA) is 60.7 Å². The average molecular weight is 203 g/mol. The fourth-order valence-electron chi connectivity index (χ4n) is 1.07. The van der Waals surface area contributed by atoms with Crippen molar-refractivity contribution in [1.29, 1.82) is 0 Å². The second-order valence-corrected chi connectivity index (χ2v) is 3.32. The molecule has 0 saturated carbocycles. The van der Waals surface area contributed by atoms with Crippen molar-refractivity contribution in [3.8, 4) is 11.5 Å². The lowest BCUT2D eigenvalue weighted by Crippen LogP contribution is -1.99. The van der Waals surface area contributed by atoms with E-state index < -0.39 is 0 Å². The molecular weight excluding hydrogens is 192 g/mol. The van der Waals surface area contributed by atoms with E-state index in [1.54, 1.807) is 13.0 Å². The molecule has 0 heterocycles. The summed E-state index contributed by atoms with van der Waals surface area (Å²) in [5.41, 5.74) is 0.490. The third-order valence-electron chi connectivity index (χ3n) is 1.94. The molecule has 1 aromatic rings. The predicted molar refractivity (Wildman–Crippen MR) is 50.3 cm³/mol. The molecule has 0 aromatic heterocycles. The molecule has 0 aliphatic rings. The maximum absolute atomic E-state index is 9.43. The number of hydrogen-bond donors (Lipinski definition) is 3. The molecule has 1 aromatic carbocycles. The van der Waals surface area contributed by atoms with Crippen LogP contribution in [0, 0.1) is 0 Å². The second-order valence-electron chi connectivity index (χ2n) is 2.92. The van der Waals surface area contributed by atoms with Gasteiger partial charge in [0, 0.05) is 18.1 Å². The molecule has 0 aliphatic carbocycles. The van der Waals surface area contributed by atoms with E-state index in [-0.39, 0.29) is 29.0 Å². The van der Waals surface area contributed by atoms with Gasteiger partial charge in [0.25, 0.3) is 0 Å². The summed E-state index contributed by atoms with van der Waals surface area (Å²) in [7, 11) is 0. The van der Waals surface area contributed by atoms with Gasteiger partial charge in [-0.1, -0.05) is 24.6 Å². The molecular formula is C9H11ClO3. The van der Waals surface area contributed by atoms with Crippen LogP contribution in [0.25, 0.3) is 0 Å². The summed E-state index contributed by atoms with van der Waals surface area (Å²) in [6.07, 6.45) is 0. The lowest BCUT2D eigenvalue weighted by Gasteiger charge is -2.11. The van der Waals surface area contributed by atoms with Crippen LogP contribution in [0.15, 0.2) is 12.1 Å². The Hall–Kier alpha value is -0.930. The van der Waals surface area contributed by atoms with Gasteiger partial charge in [0.2, 0.25) is 0 Å². The van der Waals surface area contributed by atoms with E-state index in [1.165, 1.54) is 6.07 Å². The lowest BCUT2D eigenvalue weighted by atomic mass is 10.0. The molecule has 0 bridgehead atoms. The molecule has 3 nitrogen and oxygen atoms in total. The molecule has 0 amide bonds. The van der Waals surface area contributed by atoms with Gasteiger partial charge in [0.15, 0.2) is 11.5 Å². The van der Waals surface area contributed by atoms with Gasteiger partial charge >= 0.3 is 0 Å². The maximum Gasteiger partial charge on any atom is 0.176 e. The fraction of sp³-hybridized carbons (Fsp3) is 0.333. The van der Waals surface area contributed by atoms with E-state index in [9.17, 15) is 10.2 Å². The van der Waals surface area contributed by atoms with Crippen molar-refractivity contribution in [2.75, 3.05) is 6.61 Å². The number of phenolic OH excluding ortho intramolecular Hbond substituents is 2. The van der Waals surface area contributed by atoms with Gasteiger partial charge in [-0.3, -0.25) is 0 Å². The van der Waals surface area contributed by atoms with Crippen molar-refractivity contribution >= 4 is 11.6 Å². The summed E-state index contributed by atoms with van der Waals surface area (Å²) in [5, 5.41) is 27.7. The van der Waals surface area contributed by atoms with E-state index in [1.807, 2.05) is 0 Å². The highest BCUT2D eigenvalue weighted by Crippen LogP contribution is 2.38. The Labute approximate surface area is 81.2 Å². The molecule has 0 spiro atoms. The molecule has 1 rings (SSSR count). The summed E-state index contributed by atoms with van der Waals surface area (Å²) in [6, 6.07) is 3.07. The van der Waals surface area contributed by atoms with Crippen LogP contribution in [0.4, 0.5) is 0 Å². The molecule has 1 atom stereocenters. The fourth-order valence-corrected chi connectivity index (χ4v) is 1.22. The Kier molecular flexibility index (Phi) is 3.01. The number of halogens is 1. The first-order valence-corrected chi connectivity index (χ1v) is 4.27. The summed E-state index contributed by atoms with van der Waals surface area (Å²) < 4.78 is 0. The van der Waals surface area contributed by atoms with Crippen molar-refractivity contribution in [3.05, 3.63) is 22.7 Å². The number of aromatic hydroxyl groups is 2. The standard InChI is InChI=1S/C9H11ClO3/c1-5(4-11)6-2-3-7(10)9(13)8(6)12/h2-3,5,11-13H,4H2,1H3. The summed E-state index contributed by atoms with van der Waals surface area (Å²) >= 11 is 5.56. The normalized spacial score (nSPS) is 12.8. The van der Waals surface area contributed by atoms with E-state index in [2.05, 4.69) is 0 Å². The Morgan fingerprint density at radius 2 is 1.92 bits per heavy atom. The third-order valence-corrected chi connectivity index (χ3v) is 2.24. The van der Waals surface area contributed by atoms with E-state index in [0.29, 0.717) is 5.56 Å². The predicted octanol–water partition coefficient (Wildman–Crippen LogP) is 1.85. The van der Waals surface area contributed by atoms with E-state index in [4.69, 9.17) is 16.7 Å². The summed E-state index contributed by atoms with van der Waals surface area (Å²) in [4.78, 5) is 0. The molecule has 0 saturated heterocycles. The number of aliphatic hydroxyl groups is 1. The van der Waals surface area contributed by atoms with Crippen LogP contribution in [-0.2, 0) is 0 Å². The second kappa shape index (κ2) is 3.85. The molecule has 0 radical (unpaired) electrons. The van der Waals surface area contributed by atoms with Crippen LogP contribution in [0.5, 0.6) is 11.5 Å². The van der Waals surface area contributed by atoms with Crippen LogP contribution in [-0.4, -0.2) is 21.9 Å². The van der Waals surface area contributed by atoms with Gasteiger partial charge in [-0.05, 0) is 6.07 Å². The van der Waals surface area contributed by atoms with Crippen molar-refractivity contribution in [2.24, 2.45) is 0 Å². The Balaban J connectivity index is 3.18. The highest BCUT2D eigenvalue weighted by molar-refractivity contribution is 6.32. The van der Waals surface area contributed by atoms with Crippen LogP contribution in [0.3, 0.4) is 0 Å². The number of rotatable bonds is 2. The molecule has 72 valence electrons. The van der Waals surface area contributed by atoms with Crippen LogP contribution < -0.4 is 0 Å². The van der Waals surface area contributed by atoms with Crippen LogP contribution in [0.1, 0.15) is 18.4 Å². The first-order chi connectivity index (χ1) is 6.07. The Bertz CT molecular complexity index is 312. The minimum atomic E-state index is -0.334. The molecule has 4 heteroatoms. The molecule has 0 aliphatic heterocycles. The van der Waals surface area contributed by atoms with Gasteiger partial charge in [0.05, 0.1) is 5.02 Å². The number of phenols is 2. The molecule has 1 unspecified atom stereocenters. The minimum absolute atomic E-state index is 0.0887. The Morgan fingerprint density at radius 1 is 1.31 bits per heavy atom. The van der Waals surface area contributed by atoms with Gasteiger partial charge in [0.1, 0.15) is 0 Å². The summed E-state index contributed by atoms with van der Waals surface area (Å²) in [6.45, 7) is 1.65. The molecule has 0 fully saturated rings. The monoisotopic (exact) mass is 202 g/mol. The zero-order valence-electron chi connectivity index (χ0n) is 7.16. The number of aliphatic hydroxyl groups excluding tert-OH is 1. The molecule has 3 N–H and O–H groups in total. The largest absolute Gasteiger partial charge is 0.504 e. The first-order valence-electron chi connectivity index (χ1n) is 3.89. The summed E-state index contributed by atoms with van der Waals surface area (Å²) in [5.74, 6) is -0.809. The zero-order chi connectivity index (χ0) is 10.0. The number of benzene rings is 1. The SMILES string of the molecule is CC(CO)c1ccc(Cl)c(O)c1O. The van der Waals surface area contributed by atoms with Crippen molar-refractivity contribution in [2.45, 2.75) is 12.8 Å². The van der Waals surface area contributed by atoms with Crippen molar-refractivity contribution in [1.82, 2.24) is 0 Å². The highest BCUT2D eigenvalue weighted by Gasteiger charge is 2.14. The van der Waals surface area contributed by atoms with Crippen molar-refractivity contribution in [3.63, 3.8) is 0 Å². The quantitative estimate of drug-likeness (QED) is 0.642. The van der Waals surface area contributed by atoms with Gasteiger partial charge in [-0.15, -0.1) is 0 Å². The highest BCUT2D eigenvalue weighted by atomic mass is 35.5. The molecule has 13 heavy (non-hydrogen) atoms. The maximum atomic E-state index is 9.43. The van der Waals surface area contributed by atoms with Gasteiger partial charge in [-0.25, -0.2) is 0 Å². The lowest BCUT2D eigenvalue weighted by molar-refractivity contribution is 0.269. The van der Waals surface area contributed by atoms with E-state index >= 15 is 0 Å². The van der Waals surface area contributed by atoms with Gasteiger partial charge < -0.3 is 15.3 Å². The number of hydrogen-bond acceptors (Lipinski definition) is 3. The smallest absolute Gasteiger partial charge is 0.176 e. The van der Waals surface area contributed by atoms with Crippen LogP contribution >= 0.6 is 11.6 Å².